The van der Waals surface area contributed by atoms with Crippen molar-refractivity contribution < 1.29 is 4.74 Å². The summed E-state index contributed by atoms with van der Waals surface area (Å²) in [4.78, 5) is 0. The van der Waals surface area contributed by atoms with Crippen molar-refractivity contribution in [1.82, 2.24) is 0 Å². The minimum absolute atomic E-state index is 0.656. The lowest BCUT2D eigenvalue weighted by molar-refractivity contribution is 0.237. The molecule has 0 aromatic heterocycles. The third-order valence-corrected chi connectivity index (χ3v) is 1.81. The largest absolute Gasteiger partial charge is 0.502 e. The first kappa shape index (κ1) is 10.3. The van der Waals surface area contributed by atoms with E-state index in [4.69, 9.17) is 4.74 Å². The molecule has 0 saturated heterocycles. The fourth-order valence-corrected chi connectivity index (χ4v) is 1.00. The highest BCUT2D eigenvalue weighted by molar-refractivity contribution is 4.77. The maximum Gasteiger partial charge on any atom is 0.0873 e. The number of allylic oxidation sites excluding steroid dienone is 1. The summed E-state index contributed by atoms with van der Waals surface area (Å²) in [6.07, 6.45) is 6.96. The Balaban J connectivity index is 3.20. The van der Waals surface area contributed by atoms with E-state index in [0.29, 0.717) is 5.92 Å². The minimum Gasteiger partial charge on any atom is -0.502 e. The van der Waals surface area contributed by atoms with Gasteiger partial charge < -0.3 is 4.74 Å². The van der Waals surface area contributed by atoms with E-state index in [0.717, 1.165) is 13.0 Å². The van der Waals surface area contributed by atoms with Gasteiger partial charge >= 0.3 is 0 Å². The summed E-state index contributed by atoms with van der Waals surface area (Å²) < 4.78 is 5.00. The Bertz CT molecular complexity index is 107. The van der Waals surface area contributed by atoms with Crippen molar-refractivity contribution >= 4 is 0 Å². The summed E-state index contributed by atoms with van der Waals surface area (Å²) in [5, 5.41) is 0. The average molecular weight is 154 g/mol. The smallest absolute Gasteiger partial charge is 0.0873 e. The van der Waals surface area contributed by atoms with Crippen LogP contribution in [0.3, 0.4) is 0 Å². The molecule has 0 spiro atoms. The molecular formula is C10H18O. The molecule has 64 valence electrons. The lowest BCUT2D eigenvalue weighted by Gasteiger charge is -2.07. The van der Waals surface area contributed by atoms with Crippen molar-refractivity contribution in [3.05, 3.63) is 25.5 Å². The molecule has 1 unspecified atom stereocenters. The second-order valence-electron chi connectivity index (χ2n) is 2.58. The fourth-order valence-electron chi connectivity index (χ4n) is 1.00. The van der Waals surface area contributed by atoms with E-state index in [9.17, 15) is 0 Å². The van der Waals surface area contributed by atoms with Gasteiger partial charge in [-0.3, -0.25) is 0 Å². The molecule has 0 rings (SSSR count). The van der Waals surface area contributed by atoms with E-state index in [2.05, 4.69) is 20.1 Å². The maximum atomic E-state index is 5.00. The zero-order chi connectivity index (χ0) is 8.53. The Morgan fingerprint density at radius 1 is 1.45 bits per heavy atom. The topological polar surface area (TPSA) is 9.23 Å². The van der Waals surface area contributed by atoms with Crippen molar-refractivity contribution in [3.8, 4) is 0 Å². The standard InChI is InChI=1S/C10H18O/c1-4-10(5-2)8-7-9-11-6-3/h4,6,10H,1,3,5,7-9H2,2H3. The van der Waals surface area contributed by atoms with E-state index in [1.165, 1.54) is 19.1 Å². The van der Waals surface area contributed by atoms with Gasteiger partial charge in [-0.15, -0.1) is 6.58 Å². The predicted octanol–water partition coefficient (Wildman–Crippen LogP) is 3.14. The van der Waals surface area contributed by atoms with E-state index < -0.39 is 0 Å². The summed E-state index contributed by atoms with van der Waals surface area (Å²) in [6, 6.07) is 0. The molecule has 0 aliphatic carbocycles. The third kappa shape index (κ3) is 5.71. The summed E-state index contributed by atoms with van der Waals surface area (Å²) in [7, 11) is 0. The maximum absolute atomic E-state index is 5.00. The van der Waals surface area contributed by atoms with E-state index in [1.54, 1.807) is 0 Å². The molecule has 0 amide bonds. The number of rotatable bonds is 7. The molecule has 1 atom stereocenters. The minimum atomic E-state index is 0.656. The van der Waals surface area contributed by atoms with Crippen LogP contribution >= 0.6 is 0 Å². The molecule has 0 bridgehead atoms. The predicted molar refractivity (Wildman–Crippen MR) is 49.4 cm³/mol. The van der Waals surface area contributed by atoms with Crippen LogP contribution in [0.15, 0.2) is 25.5 Å². The highest BCUT2D eigenvalue weighted by Gasteiger charge is 1.99. The molecule has 0 heterocycles. The van der Waals surface area contributed by atoms with Gasteiger partial charge in [-0.05, 0) is 25.2 Å². The zero-order valence-electron chi connectivity index (χ0n) is 7.38. The second-order valence-corrected chi connectivity index (χ2v) is 2.58. The van der Waals surface area contributed by atoms with Crippen LogP contribution in [0.25, 0.3) is 0 Å². The van der Waals surface area contributed by atoms with Crippen LogP contribution in [-0.2, 0) is 4.74 Å². The molecule has 0 aromatic rings. The van der Waals surface area contributed by atoms with Crippen LogP contribution in [0.2, 0.25) is 0 Å². The monoisotopic (exact) mass is 154 g/mol. The van der Waals surface area contributed by atoms with Crippen LogP contribution in [0, 0.1) is 5.92 Å². The Kier molecular flexibility index (Phi) is 6.90. The van der Waals surface area contributed by atoms with Crippen molar-refractivity contribution in [2.24, 2.45) is 5.92 Å². The van der Waals surface area contributed by atoms with E-state index in [-0.39, 0.29) is 0 Å². The first-order valence-electron chi connectivity index (χ1n) is 4.20. The summed E-state index contributed by atoms with van der Waals surface area (Å²) in [5.74, 6) is 0.656. The summed E-state index contributed by atoms with van der Waals surface area (Å²) in [5.41, 5.74) is 0. The van der Waals surface area contributed by atoms with E-state index >= 15 is 0 Å². The SMILES string of the molecule is C=COCCCC(C=C)CC. The van der Waals surface area contributed by atoms with Crippen LogP contribution in [-0.4, -0.2) is 6.61 Å². The summed E-state index contributed by atoms with van der Waals surface area (Å²) in [6.45, 7) is 10.2. The molecule has 0 fully saturated rings. The van der Waals surface area contributed by atoms with Crippen molar-refractivity contribution in [2.45, 2.75) is 26.2 Å². The van der Waals surface area contributed by atoms with Gasteiger partial charge in [-0.2, -0.15) is 0 Å². The average Bonchev–Trinajstić information content (AvgIpc) is 2.05. The number of ether oxygens (including phenoxy) is 1. The van der Waals surface area contributed by atoms with Gasteiger partial charge in [0.1, 0.15) is 0 Å². The lowest BCUT2D eigenvalue weighted by Crippen LogP contribution is -1.96. The molecule has 0 N–H and O–H groups in total. The van der Waals surface area contributed by atoms with Crippen molar-refractivity contribution in [2.75, 3.05) is 6.61 Å². The van der Waals surface area contributed by atoms with Gasteiger partial charge in [0.15, 0.2) is 0 Å². The van der Waals surface area contributed by atoms with Crippen LogP contribution in [0.5, 0.6) is 0 Å². The normalized spacial score (nSPS) is 12.1. The van der Waals surface area contributed by atoms with Gasteiger partial charge in [0.2, 0.25) is 0 Å². The highest BCUT2D eigenvalue weighted by Crippen LogP contribution is 2.11. The zero-order valence-corrected chi connectivity index (χ0v) is 7.38. The lowest BCUT2D eigenvalue weighted by atomic mass is 10.0. The number of hydrogen-bond donors (Lipinski definition) is 0. The Labute approximate surface area is 69.8 Å². The molecular weight excluding hydrogens is 136 g/mol. The fraction of sp³-hybridized carbons (Fsp3) is 0.600. The molecule has 11 heavy (non-hydrogen) atoms. The second kappa shape index (κ2) is 7.39. The van der Waals surface area contributed by atoms with Crippen molar-refractivity contribution in [1.29, 1.82) is 0 Å². The molecule has 1 heteroatoms. The first-order valence-corrected chi connectivity index (χ1v) is 4.20. The first-order chi connectivity index (χ1) is 5.35. The van der Waals surface area contributed by atoms with Gasteiger partial charge in [0, 0.05) is 0 Å². The van der Waals surface area contributed by atoms with Crippen molar-refractivity contribution in [3.63, 3.8) is 0 Å². The highest BCUT2D eigenvalue weighted by atomic mass is 16.5. The molecule has 0 radical (unpaired) electrons. The molecule has 0 aliphatic heterocycles. The Morgan fingerprint density at radius 3 is 2.64 bits per heavy atom. The van der Waals surface area contributed by atoms with Crippen LogP contribution in [0.1, 0.15) is 26.2 Å². The molecule has 0 aromatic carbocycles. The van der Waals surface area contributed by atoms with Crippen LogP contribution < -0.4 is 0 Å². The van der Waals surface area contributed by atoms with Gasteiger partial charge in [-0.25, -0.2) is 0 Å². The molecule has 0 saturated carbocycles. The van der Waals surface area contributed by atoms with Crippen LogP contribution in [0.4, 0.5) is 0 Å². The van der Waals surface area contributed by atoms with Gasteiger partial charge in [0.25, 0.3) is 0 Å². The Hall–Kier alpha value is -0.720. The quantitative estimate of drug-likeness (QED) is 0.311. The summed E-state index contributed by atoms with van der Waals surface area (Å²) >= 11 is 0. The van der Waals surface area contributed by atoms with Gasteiger partial charge in [0.05, 0.1) is 12.9 Å². The molecule has 1 nitrogen and oxygen atoms in total. The van der Waals surface area contributed by atoms with E-state index in [1.807, 2.05) is 6.08 Å². The van der Waals surface area contributed by atoms with Gasteiger partial charge in [-0.1, -0.05) is 19.6 Å². The Morgan fingerprint density at radius 2 is 2.18 bits per heavy atom. The third-order valence-electron chi connectivity index (χ3n) is 1.81. The number of hydrogen-bond acceptors (Lipinski definition) is 1. The molecule has 0 aliphatic rings.